The van der Waals surface area contributed by atoms with Gasteiger partial charge in [-0.1, -0.05) is 33.5 Å². The second kappa shape index (κ2) is 13.5. The van der Waals surface area contributed by atoms with Crippen LogP contribution in [0.5, 0.6) is 0 Å². The fraction of sp³-hybridized carbons (Fsp3) is 0.333. The van der Waals surface area contributed by atoms with E-state index in [1.54, 1.807) is 0 Å². The van der Waals surface area contributed by atoms with Crippen LogP contribution in [0.3, 0.4) is 0 Å². The van der Waals surface area contributed by atoms with Crippen LogP contribution in [-0.4, -0.2) is 42.9 Å². The molecular weight excluding hydrogens is 267 g/mol. The maximum atomic E-state index is 9.00. The molecule has 0 atom stereocenters. The van der Waals surface area contributed by atoms with Crippen LogP contribution in [-0.2, 0) is 9.59 Å². The zero-order valence-electron chi connectivity index (χ0n) is 8.26. The first-order valence-corrected chi connectivity index (χ1v) is 4.09. The summed E-state index contributed by atoms with van der Waals surface area (Å²) in [6, 6.07) is 0. The van der Waals surface area contributed by atoms with E-state index in [1.807, 2.05) is 0 Å². The lowest BCUT2D eigenvalue weighted by Crippen LogP contribution is -1.97. The summed E-state index contributed by atoms with van der Waals surface area (Å²) in [7, 11) is 0. The van der Waals surface area contributed by atoms with Gasteiger partial charge in [0.05, 0.1) is 0 Å². The van der Waals surface area contributed by atoms with Gasteiger partial charge in [-0.15, -0.1) is 0 Å². The highest BCUT2D eigenvalue weighted by atomic mass is 35.5. The number of hydrogen-bond acceptors (Lipinski definition) is 6. The monoisotopic (exact) mass is 276 g/mol. The molecule has 0 rings (SSSR count). The second-order valence-electron chi connectivity index (χ2n) is 1.82. The lowest BCUT2D eigenvalue weighted by molar-refractivity contribution is -0.135. The van der Waals surface area contributed by atoms with E-state index in [9.17, 15) is 0 Å². The summed E-state index contributed by atoms with van der Waals surface area (Å²) >= 11 is 9.99. The van der Waals surface area contributed by atoms with E-state index in [2.05, 4.69) is 10.3 Å². The van der Waals surface area contributed by atoms with E-state index in [0.29, 0.717) is 0 Å². The Morgan fingerprint density at radius 2 is 1.00 bits per heavy atom. The molecule has 0 amide bonds. The number of hydrogen-bond donors (Lipinski definition) is 4. The molecule has 0 aliphatic heterocycles. The minimum Gasteiger partial charge on any atom is -0.481 e. The molecule has 0 heterocycles. The molecule has 0 saturated heterocycles. The standard InChI is InChI=1S/C2H2Cl2N2O2.2C2H4O2/c3-1(5-7)2(4)6-8;2*1-2(3)4/h7-8H;2*1H3,(H,3,4). The van der Waals surface area contributed by atoms with Crippen molar-refractivity contribution < 1.29 is 30.2 Å². The molecule has 16 heavy (non-hydrogen) atoms. The molecular formula is C6H10Cl2N2O6. The molecule has 0 fully saturated rings. The van der Waals surface area contributed by atoms with Crippen LogP contribution in [0, 0.1) is 0 Å². The highest BCUT2D eigenvalue weighted by Crippen LogP contribution is 1.93. The topological polar surface area (TPSA) is 140 Å². The van der Waals surface area contributed by atoms with Gasteiger partial charge in [-0.2, -0.15) is 0 Å². The lowest BCUT2D eigenvalue weighted by atomic mass is 10.8. The smallest absolute Gasteiger partial charge is 0.300 e. The molecule has 0 unspecified atom stereocenters. The maximum Gasteiger partial charge on any atom is 0.300 e. The lowest BCUT2D eigenvalue weighted by Gasteiger charge is -1.83. The SMILES string of the molecule is CC(=O)O.CC(=O)O.ON=C(Cl)C(Cl)=NO. The number of aliphatic carboxylic acids is 2. The van der Waals surface area contributed by atoms with Crippen LogP contribution in [0.1, 0.15) is 13.8 Å². The minimum atomic E-state index is -0.833. The summed E-state index contributed by atoms with van der Waals surface area (Å²) in [6.07, 6.45) is 0. The molecule has 94 valence electrons. The third-order valence-corrected chi connectivity index (χ3v) is 0.952. The molecule has 0 aliphatic carbocycles. The average Bonchev–Trinajstić information content (AvgIpc) is 2.13. The quantitative estimate of drug-likeness (QED) is 0.322. The highest BCUT2D eigenvalue weighted by Gasteiger charge is 2.00. The van der Waals surface area contributed by atoms with E-state index in [0.717, 1.165) is 13.8 Å². The van der Waals surface area contributed by atoms with Gasteiger partial charge in [0.1, 0.15) is 0 Å². The van der Waals surface area contributed by atoms with Gasteiger partial charge in [0, 0.05) is 13.8 Å². The van der Waals surface area contributed by atoms with Gasteiger partial charge in [0.15, 0.2) is 0 Å². The molecule has 0 aromatic heterocycles. The fourth-order valence-electron chi connectivity index (χ4n) is 0.0825. The number of oxime groups is 2. The molecule has 0 aliphatic rings. The molecule has 0 aromatic rings. The van der Waals surface area contributed by atoms with Crippen molar-refractivity contribution in [3.05, 3.63) is 0 Å². The first-order chi connectivity index (χ1) is 7.18. The van der Waals surface area contributed by atoms with Crippen molar-refractivity contribution in [1.82, 2.24) is 0 Å². The number of carboxylic acids is 2. The van der Waals surface area contributed by atoms with Crippen molar-refractivity contribution in [3.8, 4) is 0 Å². The maximum absolute atomic E-state index is 9.00. The van der Waals surface area contributed by atoms with Crippen LogP contribution >= 0.6 is 23.2 Å². The van der Waals surface area contributed by atoms with E-state index in [-0.39, 0.29) is 0 Å². The van der Waals surface area contributed by atoms with Gasteiger partial charge in [-0.3, -0.25) is 9.59 Å². The Balaban J connectivity index is -0.000000179. The van der Waals surface area contributed by atoms with E-state index in [1.165, 1.54) is 0 Å². The van der Waals surface area contributed by atoms with Crippen molar-refractivity contribution in [2.45, 2.75) is 13.8 Å². The Labute approximate surface area is 100 Å². The van der Waals surface area contributed by atoms with Gasteiger partial charge >= 0.3 is 0 Å². The summed E-state index contributed by atoms with van der Waals surface area (Å²) in [5.74, 6) is -1.67. The zero-order chi connectivity index (χ0) is 13.7. The Bertz CT molecular complexity index is 242. The summed E-state index contributed by atoms with van der Waals surface area (Å²) in [4.78, 5) is 18.0. The van der Waals surface area contributed by atoms with Crippen molar-refractivity contribution in [2.24, 2.45) is 10.3 Å². The van der Waals surface area contributed by atoms with E-state index in [4.69, 9.17) is 53.4 Å². The third kappa shape index (κ3) is 39.2. The number of halogens is 2. The fourth-order valence-corrected chi connectivity index (χ4v) is 0.158. The molecule has 0 radical (unpaired) electrons. The summed E-state index contributed by atoms with van der Waals surface area (Å²) in [5.41, 5.74) is 0. The highest BCUT2D eigenvalue weighted by molar-refractivity contribution is 7.00. The van der Waals surface area contributed by atoms with Crippen LogP contribution in [0.2, 0.25) is 0 Å². The first kappa shape index (κ1) is 19.9. The van der Waals surface area contributed by atoms with Crippen LogP contribution < -0.4 is 0 Å². The summed E-state index contributed by atoms with van der Waals surface area (Å²) < 4.78 is 0. The minimum absolute atomic E-state index is 0.450. The third-order valence-electron chi connectivity index (χ3n) is 0.346. The second-order valence-corrected chi connectivity index (χ2v) is 2.54. The van der Waals surface area contributed by atoms with E-state index >= 15 is 0 Å². The predicted octanol–water partition coefficient (Wildman–Crippen LogP) is 1.22. The summed E-state index contributed by atoms with van der Waals surface area (Å²) in [6.45, 7) is 2.17. The zero-order valence-corrected chi connectivity index (χ0v) is 9.77. The molecule has 0 bridgehead atoms. The number of nitrogens with zero attached hydrogens (tertiary/aromatic N) is 2. The number of carboxylic acid groups (broad SMARTS) is 2. The average molecular weight is 277 g/mol. The Morgan fingerprint density at radius 1 is 0.875 bits per heavy atom. The van der Waals surface area contributed by atoms with Gasteiger partial charge in [-0.25, -0.2) is 0 Å². The van der Waals surface area contributed by atoms with Crippen molar-refractivity contribution in [3.63, 3.8) is 0 Å². The molecule has 0 saturated carbocycles. The molecule has 0 spiro atoms. The van der Waals surface area contributed by atoms with Gasteiger partial charge in [0.2, 0.25) is 10.3 Å². The number of carbonyl (C=O) groups is 2. The number of rotatable bonds is 1. The van der Waals surface area contributed by atoms with Gasteiger partial charge in [0.25, 0.3) is 11.9 Å². The van der Waals surface area contributed by atoms with Crippen LogP contribution in [0.4, 0.5) is 0 Å². The predicted molar refractivity (Wildman–Crippen MR) is 56.8 cm³/mol. The Kier molecular flexibility index (Phi) is 16.8. The van der Waals surface area contributed by atoms with Crippen LogP contribution in [0.25, 0.3) is 0 Å². The van der Waals surface area contributed by atoms with Gasteiger partial charge < -0.3 is 20.6 Å². The Hall–Kier alpha value is -1.54. The van der Waals surface area contributed by atoms with Gasteiger partial charge in [-0.05, 0) is 0 Å². The first-order valence-electron chi connectivity index (χ1n) is 3.33. The van der Waals surface area contributed by atoms with Crippen molar-refractivity contribution in [2.75, 3.05) is 0 Å². The largest absolute Gasteiger partial charge is 0.481 e. The Morgan fingerprint density at radius 3 is 1.06 bits per heavy atom. The molecule has 8 nitrogen and oxygen atoms in total. The molecule has 4 N–H and O–H groups in total. The molecule has 0 aromatic carbocycles. The van der Waals surface area contributed by atoms with Crippen molar-refractivity contribution in [1.29, 1.82) is 0 Å². The van der Waals surface area contributed by atoms with E-state index < -0.39 is 22.3 Å². The normalized spacial score (nSPS) is 10.2. The summed E-state index contributed by atoms with van der Waals surface area (Å²) in [5, 5.41) is 34.4. The van der Waals surface area contributed by atoms with Crippen molar-refractivity contribution >= 4 is 45.5 Å². The molecule has 10 heteroatoms. The van der Waals surface area contributed by atoms with Crippen LogP contribution in [0.15, 0.2) is 10.3 Å².